The van der Waals surface area contributed by atoms with E-state index in [1.54, 1.807) is 37.2 Å². The van der Waals surface area contributed by atoms with Crippen molar-refractivity contribution in [2.45, 2.75) is 0 Å². The molecule has 0 unspecified atom stereocenters. The lowest BCUT2D eigenvalue weighted by Crippen LogP contribution is -1.83. The summed E-state index contributed by atoms with van der Waals surface area (Å²) in [6.45, 7) is 0. The number of hydrogen-bond acceptors (Lipinski definition) is 6. The van der Waals surface area contributed by atoms with Crippen LogP contribution in [0.4, 0.5) is 0 Å². The van der Waals surface area contributed by atoms with E-state index in [0.29, 0.717) is 0 Å². The first-order valence-electron chi connectivity index (χ1n) is 8.61. The topological polar surface area (TPSA) is 109 Å². The molecule has 0 saturated heterocycles. The minimum absolute atomic E-state index is 0.748. The van der Waals surface area contributed by atoms with Crippen molar-refractivity contribution in [1.29, 1.82) is 0 Å². The van der Waals surface area contributed by atoms with E-state index in [9.17, 15) is 0 Å². The third kappa shape index (κ3) is 3.03. The molecule has 8 heteroatoms. The summed E-state index contributed by atoms with van der Waals surface area (Å²) >= 11 is 0. The van der Waals surface area contributed by atoms with Crippen molar-refractivity contribution in [3.63, 3.8) is 0 Å². The van der Waals surface area contributed by atoms with Crippen LogP contribution in [0, 0.1) is 0 Å². The van der Waals surface area contributed by atoms with E-state index >= 15 is 0 Å². The van der Waals surface area contributed by atoms with Gasteiger partial charge in [0.15, 0.2) is 0 Å². The minimum Gasteiger partial charge on any atom is -0.276 e. The van der Waals surface area contributed by atoms with Crippen LogP contribution in [0.15, 0.2) is 73.6 Å². The lowest BCUT2D eigenvalue weighted by molar-refractivity contribution is 1.08. The Morgan fingerprint density at radius 3 is 1.57 bits per heavy atom. The molecule has 5 aromatic rings. The van der Waals surface area contributed by atoms with E-state index in [2.05, 4.69) is 40.3 Å². The molecule has 8 nitrogen and oxygen atoms in total. The SMILES string of the molecule is c1cc(-c2cc(-c3cnccn3)[nH]n2)cc(-c2cc(-c3cnccn3)[nH]n2)c1. The average molecular weight is 366 g/mol. The number of hydrogen-bond donors (Lipinski definition) is 2. The monoisotopic (exact) mass is 366 g/mol. The Morgan fingerprint density at radius 1 is 0.571 bits per heavy atom. The second-order valence-electron chi connectivity index (χ2n) is 6.10. The molecule has 28 heavy (non-hydrogen) atoms. The normalized spacial score (nSPS) is 10.9. The van der Waals surface area contributed by atoms with Gasteiger partial charge in [0.05, 0.1) is 35.2 Å². The van der Waals surface area contributed by atoms with Crippen LogP contribution in [0.1, 0.15) is 0 Å². The van der Waals surface area contributed by atoms with Crippen LogP contribution in [0.3, 0.4) is 0 Å². The van der Waals surface area contributed by atoms with Gasteiger partial charge in [-0.2, -0.15) is 10.2 Å². The van der Waals surface area contributed by atoms with Crippen LogP contribution in [0.5, 0.6) is 0 Å². The van der Waals surface area contributed by atoms with Crippen molar-refractivity contribution in [2.24, 2.45) is 0 Å². The van der Waals surface area contributed by atoms with E-state index in [1.165, 1.54) is 0 Å². The summed E-state index contributed by atoms with van der Waals surface area (Å²) in [6.07, 6.45) is 10.00. The summed E-state index contributed by atoms with van der Waals surface area (Å²) in [7, 11) is 0. The maximum Gasteiger partial charge on any atom is 0.106 e. The van der Waals surface area contributed by atoms with Crippen LogP contribution in [0.25, 0.3) is 45.3 Å². The fourth-order valence-corrected chi connectivity index (χ4v) is 2.92. The molecule has 0 bridgehead atoms. The molecule has 0 aliphatic rings. The standard InChI is InChI=1S/C20H14N8/c1-2-13(15-9-17(27-25-15)19-11-21-4-6-23-19)8-14(3-1)16-10-18(28-26-16)20-12-22-5-7-24-20/h1-12H,(H,25,27)(H,26,28). The van der Waals surface area contributed by atoms with E-state index in [0.717, 1.165) is 45.3 Å². The number of aromatic nitrogens is 8. The Balaban J connectivity index is 1.46. The van der Waals surface area contributed by atoms with Crippen LogP contribution in [-0.4, -0.2) is 40.3 Å². The van der Waals surface area contributed by atoms with Crippen molar-refractivity contribution < 1.29 is 0 Å². The van der Waals surface area contributed by atoms with Crippen molar-refractivity contribution in [2.75, 3.05) is 0 Å². The summed E-state index contributed by atoms with van der Waals surface area (Å²) in [5.41, 5.74) is 6.74. The molecule has 134 valence electrons. The van der Waals surface area contributed by atoms with Crippen LogP contribution in [0.2, 0.25) is 0 Å². The van der Waals surface area contributed by atoms with Gasteiger partial charge < -0.3 is 0 Å². The molecule has 1 aromatic carbocycles. The molecule has 0 amide bonds. The summed E-state index contributed by atoms with van der Waals surface area (Å²) in [4.78, 5) is 16.8. The van der Waals surface area contributed by atoms with Gasteiger partial charge >= 0.3 is 0 Å². The predicted octanol–water partition coefficient (Wildman–Crippen LogP) is 3.38. The average Bonchev–Trinajstić information content (AvgIpc) is 3.46. The molecule has 0 fully saturated rings. The fraction of sp³-hybridized carbons (Fsp3) is 0. The highest BCUT2D eigenvalue weighted by molar-refractivity contribution is 5.73. The Kier molecular flexibility index (Phi) is 3.91. The predicted molar refractivity (Wildman–Crippen MR) is 104 cm³/mol. The molecule has 4 heterocycles. The molecule has 0 atom stereocenters. The number of aromatic amines is 2. The summed E-state index contributed by atoms with van der Waals surface area (Å²) in [6, 6.07) is 12.0. The van der Waals surface area contributed by atoms with Crippen LogP contribution >= 0.6 is 0 Å². The Hall–Kier alpha value is -4.20. The first-order chi connectivity index (χ1) is 13.9. The maximum absolute atomic E-state index is 4.41. The molecule has 0 aliphatic heterocycles. The third-order valence-corrected chi connectivity index (χ3v) is 4.29. The van der Waals surface area contributed by atoms with E-state index in [-0.39, 0.29) is 0 Å². The molecular formula is C20H14N8. The number of H-pyrrole nitrogens is 2. The molecule has 0 saturated carbocycles. The highest BCUT2D eigenvalue weighted by Gasteiger charge is 2.10. The van der Waals surface area contributed by atoms with Gasteiger partial charge in [0, 0.05) is 35.9 Å². The van der Waals surface area contributed by atoms with Gasteiger partial charge in [-0.15, -0.1) is 0 Å². The Morgan fingerprint density at radius 2 is 1.11 bits per heavy atom. The van der Waals surface area contributed by atoms with Crippen molar-refractivity contribution in [3.05, 3.63) is 73.6 Å². The van der Waals surface area contributed by atoms with E-state index < -0.39 is 0 Å². The smallest absolute Gasteiger partial charge is 0.106 e. The second kappa shape index (κ2) is 6.84. The van der Waals surface area contributed by atoms with Gasteiger partial charge in [0.2, 0.25) is 0 Å². The molecule has 4 aromatic heterocycles. The van der Waals surface area contributed by atoms with Gasteiger partial charge in [-0.3, -0.25) is 30.1 Å². The second-order valence-corrected chi connectivity index (χ2v) is 6.10. The van der Waals surface area contributed by atoms with Gasteiger partial charge in [-0.05, 0) is 18.2 Å². The molecule has 0 aliphatic carbocycles. The number of nitrogens with zero attached hydrogens (tertiary/aromatic N) is 6. The highest BCUT2D eigenvalue weighted by atomic mass is 15.1. The van der Waals surface area contributed by atoms with Gasteiger partial charge in [0.1, 0.15) is 11.4 Å². The van der Waals surface area contributed by atoms with Crippen molar-refractivity contribution in [3.8, 4) is 45.3 Å². The number of rotatable bonds is 4. The zero-order valence-electron chi connectivity index (χ0n) is 14.6. The summed E-state index contributed by atoms with van der Waals surface area (Å²) in [5, 5.41) is 14.9. The minimum atomic E-state index is 0.748. The molecular weight excluding hydrogens is 352 g/mol. The molecule has 2 N–H and O–H groups in total. The molecule has 0 radical (unpaired) electrons. The first-order valence-corrected chi connectivity index (χ1v) is 8.61. The van der Waals surface area contributed by atoms with Crippen LogP contribution < -0.4 is 0 Å². The van der Waals surface area contributed by atoms with Crippen molar-refractivity contribution >= 4 is 0 Å². The Bertz CT molecular complexity index is 1120. The van der Waals surface area contributed by atoms with E-state index in [4.69, 9.17) is 0 Å². The summed E-state index contributed by atoms with van der Waals surface area (Å²) in [5.74, 6) is 0. The molecule has 5 rings (SSSR count). The van der Waals surface area contributed by atoms with Gasteiger partial charge in [0.25, 0.3) is 0 Å². The number of nitrogens with one attached hydrogen (secondary N) is 2. The van der Waals surface area contributed by atoms with Crippen LogP contribution in [-0.2, 0) is 0 Å². The Labute approximate surface area is 159 Å². The lowest BCUT2D eigenvalue weighted by atomic mass is 10.1. The summed E-state index contributed by atoms with van der Waals surface area (Å²) < 4.78 is 0. The quantitative estimate of drug-likeness (QED) is 0.505. The highest BCUT2D eigenvalue weighted by Crippen LogP contribution is 2.28. The maximum atomic E-state index is 4.41. The molecule has 0 spiro atoms. The first kappa shape index (κ1) is 16.0. The zero-order chi connectivity index (χ0) is 18.8. The zero-order valence-corrected chi connectivity index (χ0v) is 14.6. The van der Waals surface area contributed by atoms with E-state index in [1.807, 2.05) is 36.4 Å². The lowest BCUT2D eigenvalue weighted by Gasteiger charge is -2.00. The largest absolute Gasteiger partial charge is 0.276 e. The fourth-order valence-electron chi connectivity index (χ4n) is 2.92. The van der Waals surface area contributed by atoms with Gasteiger partial charge in [-0.1, -0.05) is 18.2 Å². The van der Waals surface area contributed by atoms with Gasteiger partial charge in [-0.25, -0.2) is 0 Å². The number of benzene rings is 1. The van der Waals surface area contributed by atoms with Crippen molar-refractivity contribution in [1.82, 2.24) is 40.3 Å². The third-order valence-electron chi connectivity index (χ3n) is 4.29.